The van der Waals surface area contributed by atoms with E-state index in [1.54, 1.807) is 12.1 Å². The van der Waals surface area contributed by atoms with Gasteiger partial charge in [0.2, 0.25) is 0 Å². The van der Waals surface area contributed by atoms with Crippen LogP contribution >= 0.6 is 27.5 Å². The van der Waals surface area contributed by atoms with Crippen LogP contribution in [0.15, 0.2) is 28.1 Å². The van der Waals surface area contributed by atoms with Crippen molar-refractivity contribution in [1.82, 2.24) is 14.9 Å². The zero-order valence-electron chi connectivity index (χ0n) is 9.15. The number of rotatable bonds is 4. The lowest BCUT2D eigenvalue weighted by atomic mass is 10.0. The third kappa shape index (κ3) is 3.08. The molecular formula is C11H11BrFN3S. The molecule has 2 rings (SSSR count). The lowest BCUT2D eigenvalue weighted by molar-refractivity contribution is 0.571. The van der Waals surface area contributed by atoms with E-state index in [4.69, 9.17) is 0 Å². The lowest BCUT2D eigenvalue weighted by Crippen LogP contribution is -2.19. The van der Waals surface area contributed by atoms with E-state index in [-0.39, 0.29) is 11.9 Å². The maximum absolute atomic E-state index is 13.1. The van der Waals surface area contributed by atoms with Crippen LogP contribution in [0.5, 0.6) is 0 Å². The minimum Gasteiger partial charge on any atom is -0.311 e. The van der Waals surface area contributed by atoms with E-state index in [1.165, 1.54) is 17.6 Å². The number of benzene rings is 1. The normalized spacial score (nSPS) is 12.6. The van der Waals surface area contributed by atoms with Crippen molar-refractivity contribution in [2.24, 2.45) is 0 Å². The second-order valence-electron chi connectivity index (χ2n) is 3.62. The highest BCUT2D eigenvalue weighted by Crippen LogP contribution is 2.21. The Morgan fingerprint density at radius 3 is 2.94 bits per heavy atom. The molecule has 0 fully saturated rings. The Labute approximate surface area is 111 Å². The molecule has 0 amide bonds. The molecule has 0 radical (unpaired) electrons. The Morgan fingerprint density at radius 2 is 2.35 bits per heavy atom. The van der Waals surface area contributed by atoms with Crippen LogP contribution in [0.3, 0.4) is 0 Å². The van der Waals surface area contributed by atoms with Crippen LogP contribution in [-0.4, -0.2) is 16.6 Å². The van der Waals surface area contributed by atoms with E-state index < -0.39 is 0 Å². The lowest BCUT2D eigenvalue weighted by Gasteiger charge is -2.13. The Kier molecular flexibility index (Phi) is 4.20. The third-order valence-electron chi connectivity index (χ3n) is 2.51. The molecular weight excluding hydrogens is 305 g/mol. The highest BCUT2D eigenvalue weighted by atomic mass is 79.9. The van der Waals surface area contributed by atoms with Gasteiger partial charge in [-0.05, 0) is 58.6 Å². The monoisotopic (exact) mass is 315 g/mol. The minimum absolute atomic E-state index is 0.103. The fourth-order valence-corrected chi connectivity index (χ4v) is 2.51. The van der Waals surface area contributed by atoms with Gasteiger partial charge < -0.3 is 5.32 Å². The first-order chi connectivity index (χ1) is 8.20. The summed E-state index contributed by atoms with van der Waals surface area (Å²) < 4.78 is 17.4. The van der Waals surface area contributed by atoms with Gasteiger partial charge >= 0.3 is 0 Å². The standard InChI is InChI=1S/C11H11BrFN3S/c1-14-10(11-6-17-16-15-11)5-7-2-3-9(13)8(12)4-7/h2-4,6,10,14H,5H2,1H3. The zero-order valence-corrected chi connectivity index (χ0v) is 11.6. The smallest absolute Gasteiger partial charge is 0.137 e. The molecule has 1 unspecified atom stereocenters. The van der Waals surface area contributed by atoms with Crippen LogP contribution in [0.25, 0.3) is 0 Å². The molecule has 1 aromatic heterocycles. The van der Waals surface area contributed by atoms with Gasteiger partial charge in [0.15, 0.2) is 0 Å². The van der Waals surface area contributed by atoms with Crippen LogP contribution in [0, 0.1) is 5.82 Å². The summed E-state index contributed by atoms with van der Waals surface area (Å²) >= 11 is 4.51. The van der Waals surface area contributed by atoms with E-state index in [0.29, 0.717) is 4.47 Å². The Bertz CT molecular complexity index is 489. The minimum atomic E-state index is -0.245. The summed E-state index contributed by atoms with van der Waals surface area (Å²) in [6.07, 6.45) is 0.751. The predicted molar refractivity (Wildman–Crippen MR) is 69.5 cm³/mol. The molecule has 1 atom stereocenters. The first-order valence-electron chi connectivity index (χ1n) is 5.09. The molecule has 0 spiro atoms. The molecule has 0 aliphatic heterocycles. The van der Waals surface area contributed by atoms with E-state index >= 15 is 0 Å². The van der Waals surface area contributed by atoms with Crippen LogP contribution in [-0.2, 0) is 6.42 Å². The van der Waals surface area contributed by atoms with Crippen LogP contribution < -0.4 is 5.32 Å². The van der Waals surface area contributed by atoms with Crippen molar-refractivity contribution in [2.75, 3.05) is 7.05 Å². The van der Waals surface area contributed by atoms with Crippen molar-refractivity contribution in [1.29, 1.82) is 0 Å². The molecule has 1 N–H and O–H groups in total. The van der Waals surface area contributed by atoms with Crippen LogP contribution in [0.4, 0.5) is 4.39 Å². The van der Waals surface area contributed by atoms with Gasteiger partial charge in [-0.3, -0.25) is 0 Å². The number of hydrogen-bond donors (Lipinski definition) is 1. The van der Waals surface area contributed by atoms with Crippen LogP contribution in [0.1, 0.15) is 17.3 Å². The number of halogens is 2. The molecule has 17 heavy (non-hydrogen) atoms. The Morgan fingerprint density at radius 1 is 1.53 bits per heavy atom. The summed E-state index contributed by atoms with van der Waals surface area (Å²) in [7, 11) is 1.88. The third-order valence-corrected chi connectivity index (χ3v) is 3.64. The second kappa shape index (κ2) is 5.66. The summed E-state index contributed by atoms with van der Waals surface area (Å²) in [6.45, 7) is 0. The average Bonchev–Trinajstić information content (AvgIpc) is 2.84. The first-order valence-corrected chi connectivity index (χ1v) is 6.72. The zero-order chi connectivity index (χ0) is 12.3. The molecule has 3 nitrogen and oxygen atoms in total. The molecule has 6 heteroatoms. The number of hydrogen-bond acceptors (Lipinski definition) is 4. The highest BCUT2D eigenvalue weighted by Gasteiger charge is 2.13. The summed E-state index contributed by atoms with van der Waals surface area (Å²) in [4.78, 5) is 0. The summed E-state index contributed by atoms with van der Waals surface area (Å²) in [6, 6.07) is 5.14. The van der Waals surface area contributed by atoms with Gasteiger partial charge in [-0.1, -0.05) is 10.6 Å². The first kappa shape index (κ1) is 12.6. The maximum Gasteiger partial charge on any atom is 0.137 e. The number of nitrogens with one attached hydrogen (secondary N) is 1. The Hall–Kier alpha value is -0.850. The number of aromatic nitrogens is 2. The van der Waals surface area contributed by atoms with Gasteiger partial charge in [-0.15, -0.1) is 5.10 Å². The van der Waals surface area contributed by atoms with Crippen molar-refractivity contribution < 1.29 is 4.39 Å². The quantitative estimate of drug-likeness (QED) is 0.942. The average molecular weight is 316 g/mol. The molecule has 1 heterocycles. The van der Waals surface area contributed by atoms with Gasteiger partial charge in [-0.2, -0.15) is 0 Å². The Balaban J connectivity index is 2.16. The molecule has 1 aromatic carbocycles. The number of nitrogens with zero attached hydrogens (tertiary/aromatic N) is 2. The molecule has 2 aromatic rings. The molecule has 0 aliphatic rings. The van der Waals surface area contributed by atoms with Crippen LogP contribution in [0.2, 0.25) is 0 Å². The highest BCUT2D eigenvalue weighted by molar-refractivity contribution is 9.10. The summed E-state index contributed by atoms with van der Waals surface area (Å²) in [5.41, 5.74) is 1.96. The molecule has 0 bridgehead atoms. The topological polar surface area (TPSA) is 37.8 Å². The van der Waals surface area contributed by atoms with E-state index in [9.17, 15) is 4.39 Å². The molecule has 90 valence electrons. The van der Waals surface area contributed by atoms with Crippen molar-refractivity contribution in [2.45, 2.75) is 12.5 Å². The fourth-order valence-electron chi connectivity index (χ4n) is 1.58. The van der Waals surface area contributed by atoms with Crippen molar-refractivity contribution >= 4 is 27.5 Å². The van der Waals surface area contributed by atoms with E-state index in [1.807, 2.05) is 12.4 Å². The molecule has 0 aliphatic carbocycles. The number of likely N-dealkylation sites (N-methyl/N-ethyl adjacent to an activating group) is 1. The second-order valence-corrected chi connectivity index (χ2v) is 5.09. The predicted octanol–water partition coefficient (Wildman–Crippen LogP) is 2.94. The van der Waals surface area contributed by atoms with Crippen molar-refractivity contribution in [3.63, 3.8) is 0 Å². The van der Waals surface area contributed by atoms with Crippen molar-refractivity contribution in [3.05, 3.63) is 45.1 Å². The SMILES string of the molecule is CNC(Cc1ccc(F)c(Br)c1)c1csnn1. The fraction of sp³-hybridized carbons (Fsp3) is 0.273. The molecule has 0 saturated heterocycles. The van der Waals surface area contributed by atoms with Crippen molar-refractivity contribution in [3.8, 4) is 0 Å². The summed E-state index contributed by atoms with van der Waals surface area (Å²) in [5, 5.41) is 9.14. The summed E-state index contributed by atoms with van der Waals surface area (Å²) in [5.74, 6) is -0.245. The van der Waals surface area contributed by atoms with Gasteiger partial charge in [0.25, 0.3) is 0 Å². The molecule has 0 saturated carbocycles. The van der Waals surface area contributed by atoms with Gasteiger partial charge in [0, 0.05) is 5.38 Å². The largest absolute Gasteiger partial charge is 0.311 e. The van der Waals surface area contributed by atoms with Gasteiger partial charge in [0.05, 0.1) is 16.2 Å². The maximum atomic E-state index is 13.1. The van der Waals surface area contributed by atoms with E-state index in [2.05, 4.69) is 30.8 Å². The van der Waals surface area contributed by atoms with E-state index in [0.717, 1.165) is 17.7 Å². The van der Waals surface area contributed by atoms with Gasteiger partial charge in [-0.25, -0.2) is 4.39 Å². The van der Waals surface area contributed by atoms with Gasteiger partial charge in [0.1, 0.15) is 5.82 Å².